The summed E-state index contributed by atoms with van der Waals surface area (Å²) >= 11 is 0. The number of ether oxygens (including phenoxy) is 1. The molecule has 5 nitrogen and oxygen atoms in total. The maximum absolute atomic E-state index is 10.7. The first-order valence-electron chi connectivity index (χ1n) is 6.16. The van der Waals surface area contributed by atoms with Gasteiger partial charge in [-0.1, -0.05) is 13.3 Å². The lowest BCUT2D eigenvalue weighted by molar-refractivity contribution is 0.0659. The number of nitrogens with one attached hydrogen (secondary N) is 1. The number of hydrogen-bond donors (Lipinski definition) is 2. The summed E-state index contributed by atoms with van der Waals surface area (Å²) in [6.45, 7) is 4.69. The Morgan fingerprint density at radius 1 is 1.56 bits per heavy atom. The molecule has 2 unspecified atom stereocenters. The molecular weight excluding hydrogens is 234 g/mol. The average Bonchev–Trinajstić information content (AvgIpc) is 2.79. The van der Waals surface area contributed by atoms with Crippen molar-refractivity contribution in [3.05, 3.63) is 23.7 Å². The second kappa shape index (κ2) is 7.18. The van der Waals surface area contributed by atoms with E-state index < -0.39 is 5.97 Å². The molecule has 1 aromatic heterocycles. The van der Waals surface area contributed by atoms with E-state index in [1.54, 1.807) is 13.2 Å². The zero-order valence-corrected chi connectivity index (χ0v) is 11.1. The number of aromatic carboxylic acids is 1. The minimum absolute atomic E-state index is 0.0302. The molecule has 0 spiro atoms. The Morgan fingerprint density at radius 2 is 2.28 bits per heavy atom. The van der Waals surface area contributed by atoms with Crippen molar-refractivity contribution in [3.8, 4) is 0 Å². The summed E-state index contributed by atoms with van der Waals surface area (Å²) in [6.07, 6.45) is 2.07. The van der Waals surface area contributed by atoms with Crippen molar-refractivity contribution in [1.29, 1.82) is 0 Å². The van der Waals surface area contributed by atoms with Crippen molar-refractivity contribution in [2.45, 2.75) is 38.8 Å². The summed E-state index contributed by atoms with van der Waals surface area (Å²) in [5, 5.41) is 12.2. The van der Waals surface area contributed by atoms with Crippen LogP contribution in [0.4, 0.5) is 0 Å². The van der Waals surface area contributed by atoms with E-state index in [1.165, 1.54) is 6.07 Å². The number of carboxylic acids is 1. The maximum atomic E-state index is 10.7. The molecule has 0 aliphatic carbocycles. The number of carboxylic acid groups (broad SMARTS) is 1. The summed E-state index contributed by atoms with van der Waals surface area (Å²) in [4.78, 5) is 10.7. The van der Waals surface area contributed by atoms with Crippen LogP contribution in [0.2, 0.25) is 0 Å². The lowest BCUT2D eigenvalue weighted by atomic mass is 10.1. The van der Waals surface area contributed by atoms with Crippen LogP contribution in [-0.2, 0) is 4.74 Å². The van der Waals surface area contributed by atoms with Gasteiger partial charge < -0.3 is 19.6 Å². The smallest absolute Gasteiger partial charge is 0.371 e. The fourth-order valence-corrected chi connectivity index (χ4v) is 1.90. The largest absolute Gasteiger partial charge is 0.475 e. The zero-order chi connectivity index (χ0) is 13.5. The van der Waals surface area contributed by atoms with Crippen molar-refractivity contribution in [2.24, 2.45) is 0 Å². The second-order valence-corrected chi connectivity index (χ2v) is 4.34. The molecule has 0 aliphatic rings. The van der Waals surface area contributed by atoms with Crippen molar-refractivity contribution < 1.29 is 19.1 Å². The van der Waals surface area contributed by atoms with Gasteiger partial charge >= 0.3 is 5.97 Å². The quantitative estimate of drug-likeness (QED) is 0.746. The van der Waals surface area contributed by atoms with Crippen molar-refractivity contribution in [3.63, 3.8) is 0 Å². The molecule has 0 radical (unpaired) electrons. The Bertz CT molecular complexity index is 369. The average molecular weight is 255 g/mol. The van der Waals surface area contributed by atoms with E-state index in [2.05, 4.69) is 12.2 Å². The van der Waals surface area contributed by atoms with Crippen LogP contribution in [0.1, 0.15) is 49.0 Å². The number of hydrogen-bond acceptors (Lipinski definition) is 4. The van der Waals surface area contributed by atoms with Gasteiger partial charge in [0.05, 0.1) is 12.6 Å². The Hall–Kier alpha value is -1.33. The van der Waals surface area contributed by atoms with Gasteiger partial charge in [-0.05, 0) is 25.5 Å². The summed E-state index contributed by atoms with van der Waals surface area (Å²) in [6, 6.07) is 3.37. The maximum Gasteiger partial charge on any atom is 0.371 e. The molecule has 102 valence electrons. The first-order chi connectivity index (χ1) is 8.58. The van der Waals surface area contributed by atoms with Crippen LogP contribution in [0.3, 0.4) is 0 Å². The van der Waals surface area contributed by atoms with Gasteiger partial charge in [0.1, 0.15) is 5.76 Å². The molecule has 0 fully saturated rings. The predicted octanol–water partition coefficient (Wildman–Crippen LogP) is 2.44. The van der Waals surface area contributed by atoms with Gasteiger partial charge in [0.25, 0.3) is 0 Å². The molecule has 0 aromatic carbocycles. The molecular formula is C13H21NO4. The highest BCUT2D eigenvalue weighted by molar-refractivity contribution is 5.84. The number of furan rings is 1. The van der Waals surface area contributed by atoms with E-state index in [0.29, 0.717) is 12.4 Å². The fourth-order valence-electron chi connectivity index (χ4n) is 1.90. The standard InChI is InChI=1S/C13H21NO4/c1-4-5-10(8-17-3)14-9(2)11-6-7-12(18-11)13(15)16/h6-7,9-10,14H,4-5,8H2,1-3H3,(H,15,16). The molecule has 0 amide bonds. The monoisotopic (exact) mass is 255 g/mol. The first-order valence-corrected chi connectivity index (χ1v) is 6.16. The third kappa shape index (κ3) is 4.16. The molecule has 1 aromatic rings. The fraction of sp³-hybridized carbons (Fsp3) is 0.615. The first kappa shape index (κ1) is 14.7. The second-order valence-electron chi connectivity index (χ2n) is 4.34. The summed E-state index contributed by atoms with van der Waals surface area (Å²) < 4.78 is 10.4. The minimum Gasteiger partial charge on any atom is -0.475 e. The molecule has 1 rings (SSSR count). The number of carbonyl (C=O) groups is 1. The van der Waals surface area contributed by atoms with Gasteiger partial charge in [-0.25, -0.2) is 4.79 Å². The van der Waals surface area contributed by atoms with Gasteiger partial charge in [-0.15, -0.1) is 0 Å². The van der Waals surface area contributed by atoms with Gasteiger partial charge in [-0.2, -0.15) is 0 Å². The number of methoxy groups -OCH3 is 1. The van der Waals surface area contributed by atoms with E-state index in [-0.39, 0.29) is 17.8 Å². The van der Waals surface area contributed by atoms with Crippen LogP contribution >= 0.6 is 0 Å². The highest BCUT2D eigenvalue weighted by Gasteiger charge is 2.17. The molecule has 18 heavy (non-hydrogen) atoms. The number of rotatable bonds is 8. The summed E-state index contributed by atoms with van der Waals surface area (Å²) in [5.41, 5.74) is 0. The van der Waals surface area contributed by atoms with E-state index in [4.69, 9.17) is 14.3 Å². The highest BCUT2D eigenvalue weighted by Crippen LogP contribution is 2.17. The molecule has 1 heterocycles. The lowest BCUT2D eigenvalue weighted by Gasteiger charge is -2.21. The van der Waals surface area contributed by atoms with E-state index in [9.17, 15) is 4.79 Å². The van der Waals surface area contributed by atoms with Gasteiger partial charge in [0, 0.05) is 13.2 Å². The molecule has 2 atom stereocenters. The third-order valence-electron chi connectivity index (χ3n) is 2.76. The minimum atomic E-state index is -1.05. The van der Waals surface area contributed by atoms with Gasteiger partial charge in [-0.3, -0.25) is 0 Å². The van der Waals surface area contributed by atoms with Gasteiger partial charge in [0.2, 0.25) is 5.76 Å². The molecule has 2 N–H and O–H groups in total. The van der Waals surface area contributed by atoms with E-state index in [0.717, 1.165) is 12.8 Å². The lowest BCUT2D eigenvalue weighted by Crippen LogP contribution is -2.34. The van der Waals surface area contributed by atoms with Crippen molar-refractivity contribution in [1.82, 2.24) is 5.32 Å². The van der Waals surface area contributed by atoms with Crippen LogP contribution in [0.25, 0.3) is 0 Å². The Kier molecular flexibility index (Phi) is 5.88. The Balaban J connectivity index is 2.61. The Labute approximate surface area is 107 Å². The van der Waals surface area contributed by atoms with Crippen molar-refractivity contribution >= 4 is 5.97 Å². The van der Waals surface area contributed by atoms with Crippen LogP contribution in [0.5, 0.6) is 0 Å². The topological polar surface area (TPSA) is 71.7 Å². The van der Waals surface area contributed by atoms with Crippen LogP contribution in [-0.4, -0.2) is 30.8 Å². The van der Waals surface area contributed by atoms with E-state index in [1.807, 2.05) is 6.92 Å². The van der Waals surface area contributed by atoms with Crippen LogP contribution in [0, 0.1) is 0 Å². The molecule has 5 heteroatoms. The molecule has 0 bridgehead atoms. The molecule has 0 aliphatic heterocycles. The highest BCUT2D eigenvalue weighted by atomic mass is 16.5. The van der Waals surface area contributed by atoms with Crippen molar-refractivity contribution in [2.75, 3.05) is 13.7 Å². The van der Waals surface area contributed by atoms with Crippen LogP contribution in [0.15, 0.2) is 16.5 Å². The molecule has 0 saturated heterocycles. The Morgan fingerprint density at radius 3 is 2.78 bits per heavy atom. The van der Waals surface area contributed by atoms with Crippen LogP contribution < -0.4 is 5.32 Å². The summed E-state index contributed by atoms with van der Waals surface area (Å²) in [7, 11) is 1.67. The predicted molar refractivity (Wildman–Crippen MR) is 67.8 cm³/mol. The zero-order valence-electron chi connectivity index (χ0n) is 11.1. The third-order valence-corrected chi connectivity index (χ3v) is 2.76. The molecule has 0 saturated carbocycles. The summed E-state index contributed by atoms with van der Waals surface area (Å²) in [5.74, 6) is -0.447. The SMILES string of the molecule is CCCC(COC)NC(C)c1ccc(C(=O)O)o1. The van der Waals surface area contributed by atoms with E-state index >= 15 is 0 Å². The van der Waals surface area contributed by atoms with Gasteiger partial charge in [0.15, 0.2) is 0 Å². The normalized spacial score (nSPS) is 14.4.